The molecule has 6 nitrogen and oxygen atoms in total. The van der Waals surface area contributed by atoms with E-state index in [1.165, 1.54) is 0 Å². The first-order valence-corrected chi connectivity index (χ1v) is 8.28. The Bertz CT molecular complexity index is 768. The van der Waals surface area contributed by atoms with Crippen LogP contribution < -0.4 is 20.1 Å². The molecule has 2 rings (SSSR count). The molecule has 0 aliphatic carbocycles. The number of esters is 2. The molecule has 0 radical (unpaired) electrons. The molecule has 0 heterocycles. The number of hydrogen-bond donors (Lipinski definition) is 2. The Morgan fingerprint density at radius 2 is 1.07 bits per heavy atom. The van der Waals surface area contributed by atoms with Crippen molar-refractivity contribution in [2.75, 3.05) is 14.1 Å². The van der Waals surface area contributed by atoms with Gasteiger partial charge >= 0.3 is 11.9 Å². The second-order valence-corrected chi connectivity index (χ2v) is 5.63. The minimum atomic E-state index is -0.694. The Hall–Kier alpha value is -3.54. The fourth-order valence-corrected chi connectivity index (χ4v) is 2.19. The van der Waals surface area contributed by atoms with Crippen LogP contribution in [0.15, 0.2) is 61.7 Å². The molecule has 0 atom stereocenters. The fraction of sp³-hybridized carbons (Fsp3) is 0.143. The number of nitrogens with one attached hydrogen (secondary N) is 2. The molecule has 0 aliphatic heterocycles. The van der Waals surface area contributed by atoms with Gasteiger partial charge in [0.2, 0.25) is 0 Å². The lowest BCUT2D eigenvalue weighted by molar-refractivity contribution is -0.144. The summed E-state index contributed by atoms with van der Waals surface area (Å²) in [4.78, 5) is 23.8. The number of carbonyl (C=O) groups is 2. The predicted molar refractivity (Wildman–Crippen MR) is 105 cm³/mol. The van der Waals surface area contributed by atoms with Gasteiger partial charge in [-0.25, -0.2) is 0 Å². The molecule has 0 saturated carbocycles. The van der Waals surface area contributed by atoms with Crippen molar-refractivity contribution in [1.82, 2.24) is 10.6 Å². The van der Waals surface area contributed by atoms with Crippen LogP contribution in [-0.2, 0) is 9.59 Å². The second-order valence-electron chi connectivity index (χ2n) is 5.63. The highest BCUT2D eigenvalue weighted by molar-refractivity contribution is 5.93. The monoisotopic (exact) mass is 366 g/mol. The molecule has 2 aromatic rings. The van der Waals surface area contributed by atoms with Gasteiger partial charge in [0.1, 0.15) is 17.9 Å². The zero-order chi connectivity index (χ0) is 19.8. The second kappa shape index (κ2) is 9.24. The zero-order valence-corrected chi connectivity index (χ0v) is 15.4. The molecule has 2 aromatic carbocycles. The minimum absolute atomic E-state index is 0.343. The van der Waals surface area contributed by atoms with Crippen LogP contribution in [0.3, 0.4) is 0 Å². The van der Waals surface area contributed by atoms with Crippen molar-refractivity contribution < 1.29 is 19.1 Å². The quantitative estimate of drug-likeness (QED) is 0.425. The first-order valence-electron chi connectivity index (χ1n) is 8.28. The van der Waals surface area contributed by atoms with E-state index in [1.807, 2.05) is 0 Å². The lowest BCUT2D eigenvalue weighted by Crippen LogP contribution is -2.18. The van der Waals surface area contributed by atoms with E-state index in [1.54, 1.807) is 62.6 Å². The first kappa shape index (κ1) is 19.8. The molecule has 27 heavy (non-hydrogen) atoms. The summed E-state index contributed by atoms with van der Waals surface area (Å²) in [6, 6.07) is 13.6. The standard InChI is InChI=1S/C21H22N2O4/c1-14(22-3)16-5-9-18(10-6-16)26-20(24)13-21(25)27-19-11-7-17(8-12-19)15(2)23-4/h5-12,22-23H,1-2,13H2,3-4H3. The molecule has 0 amide bonds. The van der Waals surface area contributed by atoms with E-state index < -0.39 is 18.4 Å². The van der Waals surface area contributed by atoms with Crippen molar-refractivity contribution in [3.8, 4) is 11.5 Å². The number of hydrogen-bond acceptors (Lipinski definition) is 6. The van der Waals surface area contributed by atoms with Crippen LogP contribution >= 0.6 is 0 Å². The first-order chi connectivity index (χ1) is 12.9. The zero-order valence-electron chi connectivity index (χ0n) is 15.4. The van der Waals surface area contributed by atoms with Crippen molar-refractivity contribution >= 4 is 23.3 Å². The largest absolute Gasteiger partial charge is 0.426 e. The van der Waals surface area contributed by atoms with Gasteiger partial charge in [-0.1, -0.05) is 13.2 Å². The Labute approximate surface area is 158 Å². The van der Waals surface area contributed by atoms with Gasteiger partial charge < -0.3 is 20.1 Å². The average Bonchev–Trinajstić information content (AvgIpc) is 2.67. The van der Waals surface area contributed by atoms with E-state index in [2.05, 4.69) is 23.8 Å². The third-order valence-corrected chi connectivity index (χ3v) is 3.76. The predicted octanol–water partition coefficient (Wildman–Crippen LogP) is 2.97. The lowest BCUT2D eigenvalue weighted by Gasteiger charge is -2.08. The third kappa shape index (κ3) is 5.74. The number of benzene rings is 2. The van der Waals surface area contributed by atoms with Gasteiger partial charge in [0.25, 0.3) is 0 Å². The van der Waals surface area contributed by atoms with Crippen LogP contribution in [0.4, 0.5) is 0 Å². The van der Waals surface area contributed by atoms with Gasteiger partial charge in [0.05, 0.1) is 0 Å². The molecular formula is C21H22N2O4. The highest BCUT2D eigenvalue weighted by Crippen LogP contribution is 2.18. The summed E-state index contributed by atoms with van der Waals surface area (Å²) in [6.07, 6.45) is -0.490. The van der Waals surface area contributed by atoms with Crippen LogP contribution in [0.25, 0.3) is 11.4 Å². The van der Waals surface area contributed by atoms with E-state index in [-0.39, 0.29) is 0 Å². The molecule has 0 aromatic heterocycles. The van der Waals surface area contributed by atoms with Crippen molar-refractivity contribution in [2.45, 2.75) is 6.42 Å². The molecule has 0 unspecified atom stereocenters. The third-order valence-electron chi connectivity index (χ3n) is 3.76. The average molecular weight is 366 g/mol. The van der Waals surface area contributed by atoms with Gasteiger partial charge in [-0.05, 0) is 59.7 Å². The number of ether oxygens (including phenoxy) is 2. The van der Waals surface area contributed by atoms with Gasteiger partial charge in [-0.15, -0.1) is 0 Å². The van der Waals surface area contributed by atoms with Crippen molar-refractivity contribution in [3.63, 3.8) is 0 Å². The summed E-state index contributed by atoms with van der Waals surface area (Å²) < 4.78 is 10.3. The highest BCUT2D eigenvalue weighted by atomic mass is 16.6. The maximum atomic E-state index is 11.9. The summed E-state index contributed by atoms with van der Waals surface area (Å²) in [5.41, 5.74) is 3.25. The topological polar surface area (TPSA) is 76.7 Å². The van der Waals surface area contributed by atoms with E-state index in [0.717, 1.165) is 22.5 Å². The van der Waals surface area contributed by atoms with Gasteiger partial charge in [-0.3, -0.25) is 9.59 Å². The van der Waals surface area contributed by atoms with E-state index in [4.69, 9.17) is 9.47 Å². The van der Waals surface area contributed by atoms with Crippen LogP contribution in [0.5, 0.6) is 11.5 Å². The maximum Gasteiger partial charge on any atom is 0.322 e. The van der Waals surface area contributed by atoms with Gasteiger partial charge in [0, 0.05) is 25.5 Å². The summed E-state index contributed by atoms with van der Waals surface area (Å²) in [5, 5.41) is 5.86. The highest BCUT2D eigenvalue weighted by Gasteiger charge is 2.14. The maximum absolute atomic E-state index is 11.9. The van der Waals surface area contributed by atoms with Crippen LogP contribution in [-0.4, -0.2) is 26.0 Å². The van der Waals surface area contributed by atoms with Gasteiger partial charge in [-0.2, -0.15) is 0 Å². The van der Waals surface area contributed by atoms with Gasteiger partial charge in [0.15, 0.2) is 0 Å². The molecule has 0 aliphatic rings. The van der Waals surface area contributed by atoms with Crippen molar-refractivity contribution in [2.24, 2.45) is 0 Å². The molecule has 0 spiro atoms. The van der Waals surface area contributed by atoms with E-state index in [9.17, 15) is 9.59 Å². The molecule has 0 saturated heterocycles. The summed E-state index contributed by atoms with van der Waals surface area (Å²) in [7, 11) is 3.54. The molecule has 0 bridgehead atoms. The van der Waals surface area contributed by atoms with Crippen LogP contribution in [0, 0.1) is 0 Å². The van der Waals surface area contributed by atoms with Crippen molar-refractivity contribution in [3.05, 3.63) is 72.8 Å². The molecule has 0 fully saturated rings. The summed E-state index contributed by atoms with van der Waals surface area (Å²) in [5.74, 6) is -0.702. The van der Waals surface area contributed by atoms with Crippen LogP contribution in [0.1, 0.15) is 17.5 Å². The van der Waals surface area contributed by atoms with E-state index >= 15 is 0 Å². The fourth-order valence-electron chi connectivity index (χ4n) is 2.19. The Morgan fingerprint density at radius 1 is 0.741 bits per heavy atom. The Kier molecular flexibility index (Phi) is 6.77. The summed E-state index contributed by atoms with van der Waals surface area (Å²) >= 11 is 0. The SMILES string of the molecule is C=C(NC)c1ccc(OC(=O)CC(=O)Oc2ccc(C(=C)NC)cc2)cc1. The Balaban J connectivity index is 1.87. The van der Waals surface area contributed by atoms with Crippen LogP contribution in [0.2, 0.25) is 0 Å². The van der Waals surface area contributed by atoms with Crippen molar-refractivity contribution in [1.29, 1.82) is 0 Å². The minimum Gasteiger partial charge on any atom is -0.426 e. The molecular weight excluding hydrogens is 344 g/mol. The molecule has 2 N–H and O–H groups in total. The number of rotatable bonds is 8. The Morgan fingerprint density at radius 3 is 1.37 bits per heavy atom. The van der Waals surface area contributed by atoms with E-state index in [0.29, 0.717) is 11.5 Å². The number of carbonyl (C=O) groups excluding carboxylic acids is 2. The molecule has 140 valence electrons. The molecule has 6 heteroatoms. The normalized spacial score (nSPS) is 9.85. The smallest absolute Gasteiger partial charge is 0.322 e. The lowest BCUT2D eigenvalue weighted by atomic mass is 10.2. The summed E-state index contributed by atoms with van der Waals surface area (Å²) in [6.45, 7) is 7.69.